The molecule has 19 heavy (non-hydrogen) atoms. The van der Waals surface area contributed by atoms with Crippen molar-refractivity contribution in [2.75, 3.05) is 23.4 Å². The highest BCUT2D eigenvalue weighted by Crippen LogP contribution is 2.30. The topological polar surface area (TPSA) is 61.4 Å². The second kappa shape index (κ2) is 6.06. The zero-order valence-corrected chi connectivity index (χ0v) is 11.9. The van der Waals surface area contributed by atoms with Crippen LogP contribution >= 0.6 is 11.6 Å². The molecule has 2 amide bonds. The lowest BCUT2D eigenvalue weighted by atomic mass is 10.2. The van der Waals surface area contributed by atoms with Crippen LogP contribution in [0.3, 0.4) is 0 Å². The van der Waals surface area contributed by atoms with Crippen LogP contribution in [0.15, 0.2) is 6.20 Å². The molecule has 0 aliphatic carbocycles. The molecule has 0 bridgehead atoms. The van der Waals surface area contributed by atoms with Gasteiger partial charge in [0.2, 0.25) is 5.28 Å². The summed E-state index contributed by atoms with van der Waals surface area (Å²) in [6.45, 7) is 5.40. The molecule has 2 rings (SSSR count). The van der Waals surface area contributed by atoms with E-state index in [1.54, 1.807) is 11.2 Å². The molecule has 1 aromatic rings. The number of amides is 2. The molecule has 0 saturated carbocycles. The minimum Gasteiger partial charge on any atom is -0.302 e. The van der Waals surface area contributed by atoms with Gasteiger partial charge in [0.1, 0.15) is 5.69 Å². The van der Waals surface area contributed by atoms with Crippen molar-refractivity contribution < 1.29 is 4.79 Å². The van der Waals surface area contributed by atoms with Gasteiger partial charge in [0.25, 0.3) is 0 Å². The Kier molecular flexibility index (Phi) is 4.42. The summed E-state index contributed by atoms with van der Waals surface area (Å²) in [7, 11) is 0. The Morgan fingerprint density at radius 2 is 2.11 bits per heavy atom. The zero-order chi connectivity index (χ0) is 13.8. The molecule has 2 heterocycles. The highest BCUT2D eigenvalue weighted by atomic mass is 35.5. The third-order valence-corrected chi connectivity index (χ3v) is 3.21. The monoisotopic (exact) mass is 283 g/mol. The highest BCUT2D eigenvalue weighted by Gasteiger charge is 2.30. The number of nitrogens with zero attached hydrogens (tertiary/aromatic N) is 4. The van der Waals surface area contributed by atoms with E-state index in [4.69, 9.17) is 11.6 Å². The van der Waals surface area contributed by atoms with Crippen molar-refractivity contribution in [2.45, 2.75) is 33.1 Å². The summed E-state index contributed by atoms with van der Waals surface area (Å²) >= 11 is 5.85. The van der Waals surface area contributed by atoms with Gasteiger partial charge in [-0.3, -0.25) is 5.01 Å². The molecule has 0 aromatic carbocycles. The number of aromatic nitrogens is 2. The summed E-state index contributed by atoms with van der Waals surface area (Å²) < 4.78 is 0. The minimum absolute atomic E-state index is 0.155. The number of urea groups is 1. The van der Waals surface area contributed by atoms with E-state index in [2.05, 4.69) is 22.2 Å². The number of unbranched alkanes of at least 4 members (excludes halogenated alkanes) is 2. The van der Waals surface area contributed by atoms with Crippen LogP contribution in [0.1, 0.15) is 33.1 Å². The van der Waals surface area contributed by atoms with Crippen LogP contribution in [0.2, 0.25) is 5.28 Å². The fourth-order valence-electron chi connectivity index (χ4n) is 2.09. The maximum Gasteiger partial charge on any atom is 0.340 e. The normalized spacial score (nSPS) is 14.4. The standard InChI is InChI=1S/C12H18ClN5O/c1-3-5-6-7-18-10-9(8-14-11(13)16-10)15-12(19)17(18)4-2/h8H,3-7H2,1-2H3,(H,15,19). The minimum atomic E-state index is -0.155. The highest BCUT2D eigenvalue weighted by molar-refractivity contribution is 6.28. The van der Waals surface area contributed by atoms with Crippen LogP contribution in [0, 0.1) is 0 Å². The van der Waals surface area contributed by atoms with Gasteiger partial charge < -0.3 is 5.32 Å². The van der Waals surface area contributed by atoms with Gasteiger partial charge in [0, 0.05) is 13.1 Å². The van der Waals surface area contributed by atoms with Crippen molar-refractivity contribution in [1.82, 2.24) is 15.0 Å². The van der Waals surface area contributed by atoms with Crippen molar-refractivity contribution >= 4 is 29.1 Å². The van der Waals surface area contributed by atoms with Crippen LogP contribution in [-0.4, -0.2) is 34.1 Å². The molecular weight excluding hydrogens is 266 g/mol. The number of carbonyl (C=O) groups excluding carboxylic acids is 1. The summed E-state index contributed by atoms with van der Waals surface area (Å²) in [6, 6.07) is -0.155. The lowest BCUT2D eigenvalue weighted by molar-refractivity contribution is 0.205. The molecule has 0 spiro atoms. The second-order valence-electron chi connectivity index (χ2n) is 4.35. The van der Waals surface area contributed by atoms with Gasteiger partial charge >= 0.3 is 6.03 Å². The average molecular weight is 284 g/mol. The van der Waals surface area contributed by atoms with E-state index < -0.39 is 0 Å². The first kappa shape index (κ1) is 13.9. The van der Waals surface area contributed by atoms with Gasteiger partial charge in [-0.2, -0.15) is 4.98 Å². The summed E-state index contributed by atoms with van der Waals surface area (Å²) in [6.07, 6.45) is 4.79. The maximum atomic E-state index is 12.0. The smallest absolute Gasteiger partial charge is 0.302 e. The first-order valence-electron chi connectivity index (χ1n) is 6.55. The molecule has 0 fully saturated rings. The Labute approximate surface area is 117 Å². The van der Waals surface area contributed by atoms with Gasteiger partial charge in [-0.1, -0.05) is 19.8 Å². The van der Waals surface area contributed by atoms with Crippen molar-refractivity contribution in [2.24, 2.45) is 0 Å². The van der Waals surface area contributed by atoms with Crippen LogP contribution in [-0.2, 0) is 0 Å². The van der Waals surface area contributed by atoms with Gasteiger partial charge in [-0.25, -0.2) is 14.8 Å². The van der Waals surface area contributed by atoms with Crippen LogP contribution < -0.4 is 10.3 Å². The van der Waals surface area contributed by atoms with Crippen molar-refractivity contribution in [3.05, 3.63) is 11.5 Å². The third-order valence-electron chi connectivity index (χ3n) is 3.02. The fourth-order valence-corrected chi connectivity index (χ4v) is 2.22. The van der Waals surface area contributed by atoms with Gasteiger partial charge in [0.15, 0.2) is 5.82 Å². The van der Waals surface area contributed by atoms with E-state index >= 15 is 0 Å². The molecule has 0 unspecified atom stereocenters. The number of fused-ring (bicyclic) bond motifs is 1. The number of rotatable bonds is 5. The molecule has 6 nitrogen and oxygen atoms in total. The molecule has 1 aromatic heterocycles. The third kappa shape index (κ3) is 2.89. The van der Waals surface area contributed by atoms with E-state index in [9.17, 15) is 4.79 Å². The van der Waals surface area contributed by atoms with Crippen molar-refractivity contribution in [1.29, 1.82) is 0 Å². The predicted octanol–water partition coefficient (Wildman–Crippen LogP) is 2.91. The van der Waals surface area contributed by atoms with Gasteiger partial charge in [-0.15, -0.1) is 0 Å². The summed E-state index contributed by atoms with van der Waals surface area (Å²) in [5, 5.41) is 6.48. The van der Waals surface area contributed by atoms with Crippen molar-refractivity contribution in [3.8, 4) is 0 Å². The Bertz CT molecular complexity index is 467. The number of nitrogens with one attached hydrogen (secondary N) is 1. The Balaban J connectivity index is 2.29. The Hall–Kier alpha value is -1.56. The van der Waals surface area contributed by atoms with Crippen LogP contribution in [0.5, 0.6) is 0 Å². The van der Waals surface area contributed by atoms with Gasteiger partial charge in [0.05, 0.1) is 6.20 Å². The molecule has 104 valence electrons. The maximum absolute atomic E-state index is 12.0. The Morgan fingerprint density at radius 1 is 1.32 bits per heavy atom. The number of hydrazine groups is 1. The lowest BCUT2D eigenvalue weighted by Gasteiger charge is -2.39. The molecular formula is C12H18ClN5O. The molecule has 1 aliphatic rings. The number of hydrogen-bond donors (Lipinski definition) is 1. The number of anilines is 2. The van der Waals surface area contributed by atoms with E-state index in [0.29, 0.717) is 18.1 Å². The summed E-state index contributed by atoms with van der Waals surface area (Å²) in [4.78, 5) is 20.1. The molecule has 1 aliphatic heterocycles. The Morgan fingerprint density at radius 3 is 2.79 bits per heavy atom. The summed E-state index contributed by atoms with van der Waals surface area (Å²) in [5.41, 5.74) is 0.607. The second-order valence-corrected chi connectivity index (χ2v) is 4.69. The predicted molar refractivity (Wildman–Crippen MR) is 75.3 cm³/mol. The average Bonchev–Trinajstić information content (AvgIpc) is 2.39. The summed E-state index contributed by atoms with van der Waals surface area (Å²) in [5.74, 6) is 0.664. The fraction of sp³-hybridized carbons (Fsp3) is 0.583. The van der Waals surface area contributed by atoms with Crippen LogP contribution in [0.4, 0.5) is 16.3 Å². The quantitative estimate of drug-likeness (QED) is 0.667. The zero-order valence-electron chi connectivity index (χ0n) is 11.2. The first-order chi connectivity index (χ1) is 9.17. The largest absolute Gasteiger partial charge is 0.340 e. The van der Waals surface area contributed by atoms with E-state index in [0.717, 1.165) is 25.8 Å². The molecule has 0 atom stereocenters. The molecule has 1 N–H and O–H groups in total. The number of hydrogen-bond acceptors (Lipinski definition) is 4. The van der Waals surface area contributed by atoms with E-state index in [-0.39, 0.29) is 11.3 Å². The molecule has 0 saturated heterocycles. The van der Waals surface area contributed by atoms with Crippen molar-refractivity contribution in [3.63, 3.8) is 0 Å². The van der Waals surface area contributed by atoms with E-state index in [1.165, 1.54) is 0 Å². The number of carbonyl (C=O) groups is 1. The van der Waals surface area contributed by atoms with E-state index in [1.807, 2.05) is 11.9 Å². The van der Waals surface area contributed by atoms with Crippen LogP contribution in [0.25, 0.3) is 0 Å². The SMILES string of the molecule is CCCCCN1c2nc(Cl)ncc2NC(=O)N1CC. The number of halogens is 1. The lowest BCUT2D eigenvalue weighted by Crippen LogP contribution is -2.52. The molecule has 7 heteroatoms. The van der Waals surface area contributed by atoms with Gasteiger partial charge in [-0.05, 0) is 24.9 Å². The first-order valence-corrected chi connectivity index (χ1v) is 6.93. The molecule has 0 radical (unpaired) electrons.